The van der Waals surface area contributed by atoms with E-state index in [0.717, 1.165) is 17.5 Å². The van der Waals surface area contributed by atoms with Gasteiger partial charge in [0.1, 0.15) is 6.61 Å². The zero-order valence-corrected chi connectivity index (χ0v) is 20.5. The first-order valence-electron chi connectivity index (χ1n) is 11.0. The Labute approximate surface area is 201 Å². The number of aryl methyl sites for hydroxylation is 1. The Kier molecular flexibility index (Phi) is 8.54. The second-order valence-electron chi connectivity index (χ2n) is 7.74. The highest BCUT2D eigenvalue weighted by Gasteiger charge is 2.18. The molecule has 34 heavy (non-hydrogen) atoms. The van der Waals surface area contributed by atoms with Crippen LogP contribution in [0.5, 0.6) is 11.5 Å². The van der Waals surface area contributed by atoms with E-state index in [2.05, 4.69) is 12.2 Å². The molecule has 0 heterocycles. The molecule has 0 saturated carbocycles. The van der Waals surface area contributed by atoms with Gasteiger partial charge < -0.3 is 14.8 Å². The fraction of sp³-hybridized carbons (Fsp3) is 0.269. The molecule has 0 aliphatic rings. The van der Waals surface area contributed by atoms with Crippen molar-refractivity contribution in [2.45, 2.75) is 19.9 Å². The quantitative estimate of drug-likeness (QED) is 0.417. The average Bonchev–Trinajstić information content (AvgIpc) is 2.85. The van der Waals surface area contributed by atoms with Crippen LogP contribution in [0.4, 0.5) is 5.69 Å². The predicted molar refractivity (Wildman–Crippen MR) is 134 cm³/mol. The van der Waals surface area contributed by atoms with E-state index in [1.807, 2.05) is 36.4 Å². The van der Waals surface area contributed by atoms with E-state index in [1.54, 1.807) is 43.5 Å². The van der Waals surface area contributed by atoms with Crippen LogP contribution in [0.15, 0.2) is 72.8 Å². The molecule has 3 aromatic carbocycles. The number of hydrogen-bond acceptors (Lipinski definition) is 5. The van der Waals surface area contributed by atoms with Crippen molar-refractivity contribution >= 4 is 21.6 Å². The molecule has 3 aromatic rings. The number of hydrogen-bond donors (Lipinski definition) is 1. The third-order valence-electron chi connectivity index (χ3n) is 5.29. The van der Waals surface area contributed by atoms with Crippen LogP contribution in [0.2, 0.25) is 0 Å². The number of ether oxygens (including phenoxy) is 2. The van der Waals surface area contributed by atoms with Gasteiger partial charge in [-0.1, -0.05) is 43.3 Å². The highest BCUT2D eigenvalue weighted by Crippen LogP contribution is 2.25. The molecule has 0 aromatic heterocycles. The molecule has 0 atom stereocenters. The number of nitrogens with zero attached hydrogens (tertiary/aromatic N) is 1. The van der Waals surface area contributed by atoms with Gasteiger partial charge in [-0.2, -0.15) is 0 Å². The van der Waals surface area contributed by atoms with Crippen molar-refractivity contribution in [2.24, 2.45) is 0 Å². The molecular weight excluding hydrogens is 452 g/mol. The summed E-state index contributed by atoms with van der Waals surface area (Å²) in [6, 6.07) is 21.7. The fourth-order valence-corrected chi connectivity index (χ4v) is 4.28. The summed E-state index contributed by atoms with van der Waals surface area (Å²) in [6.45, 7) is 2.85. The highest BCUT2D eigenvalue weighted by molar-refractivity contribution is 7.92. The Hall–Kier alpha value is -3.52. The Balaban J connectivity index is 1.57. The van der Waals surface area contributed by atoms with E-state index in [1.165, 1.54) is 10.6 Å². The minimum atomic E-state index is -3.47. The number of amides is 1. The molecule has 3 rings (SSSR count). The maximum absolute atomic E-state index is 12.5. The third-order valence-corrected chi connectivity index (χ3v) is 6.43. The largest absolute Gasteiger partial charge is 0.493 e. The molecule has 0 spiro atoms. The van der Waals surface area contributed by atoms with E-state index in [4.69, 9.17) is 9.47 Å². The Bertz CT molecular complexity index is 1190. The molecule has 8 heteroatoms. The minimum absolute atomic E-state index is 0.180. The van der Waals surface area contributed by atoms with Crippen LogP contribution in [-0.4, -0.2) is 40.8 Å². The summed E-state index contributed by atoms with van der Waals surface area (Å²) in [4.78, 5) is 12.5. The van der Waals surface area contributed by atoms with Gasteiger partial charge in [-0.25, -0.2) is 8.42 Å². The third kappa shape index (κ3) is 6.74. The fourth-order valence-electron chi connectivity index (χ4n) is 3.39. The van der Waals surface area contributed by atoms with Gasteiger partial charge in [0.25, 0.3) is 5.91 Å². The number of carbonyl (C=O) groups is 1. The van der Waals surface area contributed by atoms with E-state index < -0.39 is 10.0 Å². The van der Waals surface area contributed by atoms with Crippen molar-refractivity contribution < 1.29 is 22.7 Å². The smallest absolute Gasteiger partial charge is 0.251 e. The number of methoxy groups -OCH3 is 1. The molecule has 7 nitrogen and oxygen atoms in total. The van der Waals surface area contributed by atoms with Gasteiger partial charge in [0.05, 0.1) is 32.1 Å². The van der Waals surface area contributed by atoms with Crippen LogP contribution in [0.25, 0.3) is 0 Å². The molecule has 0 aliphatic carbocycles. The molecule has 0 aliphatic heterocycles. The normalized spacial score (nSPS) is 11.0. The van der Waals surface area contributed by atoms with E-state index >= 15 is 0 Å². The minimum Gasteiger partial charge on any atom is -0.493 e. The summed E-state index contributed by atoms with van der Waals surface area (Å²) < 4.78 is 37.1. The molecule has 0 radical (unpaired) electrons. The summed E-state index contributed by atoms with van der Waals surface area (Å²) in [7, 11) is -1.90. The first-order valence-corrected chi connectivity index (χ1v) is 12.9. The van der Waals surface area contributed by atoms with Gasteiger partial charge in [-0.05, 0) is 53.9 Å². The molecular formula is C26H30N2O5S. The summed E-state index contributed by atoms with van der Waals surface area (Å²) >= 11 is 0. The van der Waals surface area contributed by atoms with Crippen molar-refractivity contribution in [3.05, 3.63) is 89.5 Å². The topological polar surface area (TPSA) is 84.9 Å². The molecule has 180 valence electrons. The number of sulfonamides is 1. The predicted octanol–water partition coefficient (Wildman–Crippen LogP) is 4.03. The van der Waals surface area contributed by atoms with Crippen molar-refractivity contribution in [1.82, 2.24) is 5.32 Å². The van der Waals surface area contributed by atoms with Gasteiger partial charge >= 0.3 is 0 Å². The summed E-state index contributed by atoms with van der Waals surface area (Å²) in [5.41, 5.74) is 3.01. The summed E-state index contributed by atoms with van der Waals surface area (Å²) in [5.74, 6) is 1.02. The van der Waals surface area contributed by atoms with Crippen LogP contribution in [0.3, 0.4) is 0 Å². The van der Waals surface area contributed by atoms with Crippen LogP contribution < -0.4 is 19.1 Å². The highest BCUT2D eigenvalue weighted by atomic mass is 32.2. The van der Waals surface area contributed by atoms with Crippen LogP contribution in [0, 0.1) is 0 Å². The number of rotatable bonds is 11. The standard InChI is InChI=1S/C26H30N2O5S/c1-4-20-11-15-23(16-12-20)28(34(3,30)31)19-21-9-13-22(14-10-21)26(29)27-17-18-33-25-8-6-5-7-24(25)32-2/h5-16H,4,17-19H2,1-3H3,(H,27,29). The SMILES string of the molecule is CCc1ccc(N(Cc2ccc(C(=O)NCCOc3ccccc3OC)cc2)S(C)(=O)=O)cc1. The second kappa shape index (κ2) is 11.6. The van der Waals surface area contributed by atoms with Gasteiger partial charge in [-0.15, -0.1) is 0 Å². The Morgan fingerprint density at radius 2 is 1.53 bits per heavy atom. The maximum atomic E-state index is 12.5. The van der Waals surface area contributed by atoms with Crippen LogP contribution in [0.1, 0.15) is 28.4 Å². The molecule has 0 bridgehead atoms. The number of carbonyl (C=O) groups excluding carboxylic acids is 1. The van der Waals surface area contributed by atoms with Crippen molar-refractivity contribution in [2.75, 3.05) is 30.8 Å². The molecule has 0 fully saturated rings. The first kappa shape index (κ1) is 25.1. The van der Waals surface area contributed by atoms with Gasteiger partial charge in [-0.3, -0.25) is 9.10 Å². The van der Waals surface area contributed by atoms with Crippen molar-refractivity contribution in [3.63, 3.8) is 0 Å². The molecule has 0 saturated heterocycles. The lowest BCUT2D eigenvalue weighted by atomic mass is 10.1. The summed E-state index contributed by atoms with van der Waals surface area (Å²) in [5, 5.41) is 2.82. The Morgan fingerprint density at radius 1 is 0.912 bits per heavy atom. The van der Waals surface area contributed by atoms with Crippen molar-refractivity contribution in [1.29, 1.82) is 0 Å². The van der Waals surface area contributed by atoms with Gasteiger partial charge in [0.15, 0.2) is 11.5 Å². The van der Waals surface area contributed by atoms with E-state index in [0.29, 0.717) is 35.9 Å². The lowest BCUT2D eigenvalue weighted by molar-refractivity contribution is 0.0947. The summed E-state index contributed by atoms with van der Waals surface area (Å²) in [6.07, 6.45) is 2.07. The number of para-hydroxylation sites is 2. The molecule has 1 N–H and O–H groups in total. The molecule has 1 amide bonds. The Morgan fingerprint density at radius 3 is 2.12 bits per heavy atom. The zero-order valence-electron chi connectivity index (χ0n) is 19.7. The van der Waals surface area contributed by atoms with Crippen molar-refractivity contribution in [3.8, 4) is 11.5 Å². The van der Waals surface area contributed by atoms with Gasteiger partial charge in [0.2, 0.25) is 10.0 Å². The lowest BCUT2D eigenvalue weighted by Crippen LogP contribution is -2.29. The van der Waals surface area contributed by atoms with E-state index in [9.17, 15) is 13.2 Å². The molecule has 0 unspecified atom stereocenters. The first-order chi connectivity index (χ1) is 16.3. The van der Waals surface area contributed by atoms with Crippen LogP contribution in [-0.2, 0) is 23.0 Å². The van der Waals surface area contributed by atoms with Gasteiger partial charge in [0, 0.05) is 5.56 Å². The number of benzene rings is 3. The number of anilines is 1. The van der Waals surface area contributed by atoms with E-state index in [-0.39, 0.29) is 12.5 Å². The van der Waals surface area contributed by atoms with Crippen LogP contribution >= 0.6 is 0 Å². The number of nitrogens with one attached hydrogen (secondary N) is 1. The maximum Gasteiger partial charge on any atom is 0.251 e. The lowest BCUT2D eigenvalue weighted by Gasteiger charge is -2.23. The monoisotopic (exact) mass is 482 g/mol. The zero-order chi connectivity index (χ0) is 24.6. The average molecular weight is 483 g/mol. The second-order valence-corrected chi connectivity index (χ2v) is 9.65.